The number of aliphatic hydroxyl groups excluding tert-OH is 1. The molecular formula is C38H47ClN4O. The molecule has 6 rings (SSSR count). The van der Waals surface area contributed by atoms with Gasteiger partial charge in [-0.3, -0.25) is 19.6 Å². The topological polar surface area (TPSA) is 33.2 Å². The van der Waals surface area contributed by atoms with E-state index in [2.05, 4.69) is 135 Å². The number of hydrogen-bond acceptors (Lipinski definition) is 5. The standard InChI is InChI=1S/C19H23ClN2.C19H24N2O/c20-13-19-16-21(14-17-7-3-1-4-8-17)11-12-22(19)15-18-9-5-2-6-10-18;22-16-19-15-20(13-17-7-3-1-4-8-17)11-12-21(19)14-18-9-5-2-6-10-18/h1-10,19H,11-16H2;1-10,19,22H,11-16H2. The smallest absolute Gasteiger partial charge is 0.0599 e. The Morgan fingerprint density at radius 3 is 1.18 bits per heavy atom. The van der Waals surface area contributed by atoms with Crippen LogP contribution in [-0.4, -0.2) is 88.5 Å². The first-order valence-electron chi connectivity index (χ1n) is 16.0. The SMILES string of the molecule is ClCC1CN(Cc2ccccc2)CCN1Cc1ccccc1.OCC1CN(Cc2ccccc2)CCN1Cc1ccccc1. The maximum Gasteiger partial charge on any atom is 0.0599 e. The molecule has 4 aromatic rings. The van der Waals surface area contributed by atoms with Gasteiger partial charge in [0.2, 0.25) is 0 Å². The van der Waals surface area contributed by atoms with Crippen LogP contribution in [0.3, 0.4) is 0 Å². The molecule has 0 aliphatic carbocycles. The number of halogens is 1. The number of aliphatic hydroxyl groups is 1. The Morgan fingerprint density at radius 1 is 0.477 bits per heavy atom. The Bertz CT molecular complexity index is 1220. The van der Waals surface area contributed by atoms with Crippen molar-refractivity contribution in [2.45, 2.75) is 38.3 Å². The zero-order chi connectivity index (χ0) is 30.4. The summed E-state index contributed by atoms with van der Waals surface area (Å²) in [7, 11) is 0. The molecule has 2 heterocycles. The predicted octanol–water partition coefficient (Wildman–Crippen LogP) is 5.98. The molecule has 1 N–H and O–H groups in total. The molecule has 6 heteroatoms. The molecule has 0 radical (unpaired) electrons. The largest absolute Gasteiger partial charge is 0.395 e. The molecule has 0 spiro atoms. The molecular weight excluding hydrogens is 564 g/mol. The molecule has 44 heavy (non-hydrogen) atoms. The van der Waals surface area contributed by atoms with Crippen LogP contribution in [-0.2, 0) is 26.2 Å². The molecule has 2 atom stereocenters. The Morgan fingerprint density at radius 2 is 0.818 bits per heavy atom. The van der Waals surface area contributed by atoms with Crippen molar-refractivity contribution in [2.75, 3.05) is 51.8 Å². The molecule has 2 saturated heterocycles. The van der Waals surface area contributed by atoms with Gasteiger partial charge in [-0.25, -0.2) is 0 Å². The van der Waals surface area contributed by atoms with E-state index in [0.29, 0.717) is 11.9 Å². The first kappa shape index (κ1) is 32.4. The van der Waals surface area contributed by atoms with Crippen LogP contribution in [0.4, 0.5) is 0 Å². The molecule has 2 fully saturated rings. The number of alkyl halides is 1. The minimum atomic E-state index is 0.220. The Labute approximate surface area is 269 Å². The van der Waals surface area contributed by atoms with E-state index in [1.807, 2.05) is 6.07 Å². The van der Waals surface area contributed by atoms with Gasteiger partial charge in [0.15, 0.2) is 0 Å². The van der Waals surface area contributed by atoms with Crippen molar-refractivity contribution in [3.05, 3.63) is 144 Å². The third kappa shape index (κ3) is 10.00. The summed E-state index contributed by atoms with van der Waals surface area (Å²) in [6.45, 7) is 10.4. The molecule has 5 nitrogen and oxygen atoms in total. The predicted molar refractivity (Wildman–Crippen MR) is 183 cm³/mol. The third-order valence-corrected chi connectivity index (χ3v) is 9.08. The van der Waals surface area contributed by atoms with Crippen LogP contribution in [0.2, 0.25) is 0 Å². The summed E-state index contributed by atoms with van der Waals surface area (Å²) in [6, 6.07) is 43.1. The third-order valence-electron chi connectivity index (χ3n) is 8.72. The van der Waals surface area contributed by atoms with E-state index in [-0.39, 0.29) is 12.6 Å². The highest BCUT2D eigenvalue weighted by atomic mass is 35.5. The van der Waals surface area contributed by atoms with Crippen LogP contribution in [0, 0.1) is 0 Å². The second kappa shape index (κ2) is 17.5. The fourth-order valence-corrected chi connectivity index (χ4v) is 6.55. The number of rotatable bonds is 10. The molecule has 232 valence electrons. The molecule has 4 aromatic carbocycles. The van der Waals surface area contributed by atoms with Crippen molar-refractivity contribution in [1.82, 2.24) is 19.6 Å². The van der Waals surface area contributed by atoms with E-state index < -0.39 is 0 Å². The van der Waals surface area contributed by atoms with Gasteiger partial charge in [0.1, 0.15) is 0 Å². The maximum atomic E-state index is 9.75. The Balaban J connectivity index is 0.000000175. The van der Waals surface area contributed by atoms with E-state index in [4.69, 9.17) is 11.6 Å². The van der Waals surface area contributed by atoms with Crippen molar-refractivity contribution in [3.8, 4) is 0 Å². The molecule has 0 saturated carbocycles. The highest BCUT2D eigenvalue weighted by Crippen LogP contribution is 2.18. The monoisotopic (exact) mass is 610 g/mol. The number of benzene rings is 4. The first-order valence-corrected chi connectivity index (χ1v) is 16.5. The van der Waals surface area contributed by atoms with Gasteiger partial charge < -0.3 is 5.11 Å². The summed E-state index contributed by atoms with van der Waals surface area (Å²) < 4.78 is 0. The van der Waals surface area contributed by atoms with Crippen LogP contribution >= 0.6 is 11.6 Å². The summed E-state index contributed by atoms with van der Waals surface area (Å²) in [5.74, 6) is 0.693. The minimum Gasteiger partial charge on any atom is -0.395 e. The summed E-state index contributed by atoms with van der Waals surface area (Å²) in [6.07, 6.45) is 0. The van der Waals surface area contributed by atoms with E-state index in [9.17, 15) is 5.11 Å². The fraction of sp³-hybridized carbons (Fsp3) is 0.368. The number of nitrogens with zero attached hydrogens (tertiary/aromatic N) is 4. The summed E-state index contributed by atoms with van der Waals surface area (Å²) in [5, 5.41) is 9.75. The lowest BCUT2D eigenvalue weighted by atomic mass is 10.1. The maximum absolute atomic E-state index is 9.75. The fourth-order valence-electron chi connectivity index (χ4n) is 6.26. The lowest BCUT2D eigenvalue weighted by Gasteiger charge is -2.40. The second-order valence-corrected chi connectivity index (χ2v) is 12.3. The Hall–Kier alpha value is -3.03. The van der Waals surface area contributed by atoms with Gasteiger partial charge in [-0.2, -0.15) is 0 Å². The highest BCUT2D eigenvalue weighted by Gasteiger charge is 2.27. The van der Waals surface area contributed by atoms with E-state index in [1.165, 1.54) is 22.3 Å². The van der Waals surface area contributed by atoms with Gasteiger partial charge in [0, 0.05) is 83.4 Å². The highest BCUT2D eigenvalue weighted by molar-refractivity contribution is 6.18. The molecule has 2 aliphatic heterocycles. The Kier molecular flexibility index (Phi) is 12.8. The zero-order valence-electron chi connectivity index (χ0n) is 25.8. The lowest BCUT2D eigenvalue weighted by Crippen LogP contribution is -2.53. The molecule has 0 bridgehead atoms. The summed E-state index contributed by atoms with van der Waals surface area (Å²) in [4.78, 5) is 9.88. The van der Waals surface area contributed by atoms with Crippen molar-refractivity contribution in [3.63, 3.8) is 0 Å². The van der Waals surface area contributed by atoms with Gasteiger partial charge >= 0.3 is 0 Å². The van der Waals surface area contributed by atoms with Gasteiger partial charge in [0.25, 0.3) is 0 Å². The van der Waals surface area contributed by atoms with Crippen LogP contribution in [0.5, 0.6) is 0 Å². The average Bonchev–Trinajstić information content (AvgIpc) is 3.08. The van der Waals surface area contributed by atoms with Crippen molar-refractivity contribution >= 4 is 11.6 Å². The molecule has 0 aromatic heterocycles. The molecule has 2 aliphatic rings. The molecule has 0 amide bonds. The second-order valence-electron chi connectivity index (χ2n) is 12.0. The number of piperazine rings is 2. The minimum absolute atomic E-state index is 0.220. The summed E-state index contributed by atoms with van der Waals surface area (Å²) in [5.41, 5.74) is 5.41. The quantitative estimate of drug-likeness (QED) is 0.224. The van der Waals surface area contributed by atoms with Gasteiger partial charge in [-0.05, 0) is 22.3 Å². The zero-order valence-corrected chi connectivity index (χ0v) is 26.6. The van der Waals surface area contributed by atoms with Crippen molar-refractivity contribution in [1.29, 1.82) is 0 Å². The van der Waals surface area contributed by atoms with Crippen LogP contribution < -0.4 is 0 Å². The van der Waals surface area contributed by atoms with E-state index in [1.54, 1.807) is 0 Å². The van der Waals surface area contributed by atoms with Gasteiger partial charge in [0.05, 0.1) is 6.61 Å². The first-order chi connectivity index (χ1) is 21.7. The normalized spacial score (nSPS) is 20.1. The van der Waals surface area contributed by atoms with E-state index >= 15 is 0 Å². The molecule has 2 unspecified atom stereocenters. The van der Waals surface area contributed by atoms with Crippen molar-refractivity contribution in [2.24, 2.45) is 0 Å². The van der Waals surface area contributed by atoms with Crippen molar-refractivity contribution < 1.29 is 5.11 Å². The lowest BCUT2D eigenvalue weighted by molar-refractivity contribution is 0.0316. The van der Waals surface area contributed by atoms with Gasteiger partial charge in [-0.1, -0.05) is 121 Å². The van der Waals surface area contributed by atoms with Gasteiger partial charge in [-0.15, -0.1) is 11.6 Å². The van der Waals surface area contributed by atoms with Crippen LogP contribution in [0.15, 0.2) is 121 Å². The van der Waals surface area contributed by atoms with Crippen LogP contribution in [0.25, 0.3) is 0 Å². The summed E-state index contributed by atoms with van der Waals surface area (Å²) >= 11 is 6.24. The van der Waals surface area contributed by atoms with Crippen LogP contribution in [0.1, 0.15) is 22.3 Å². The average molecular weight is 611 g/mol. The number of hydrogen-bond donors (Lipinski definition) is 1. The van der Waals surface area contributed by atoms with E-state index in [0.717, 1.165) is 65.4 Å².